The lowest BCUT2D eigenvalue weighted by molar-refractivity contribution is -0.156. The average molecular weight is 365 g/mol. The van der Waals surface area contributed by atoms with E-state index in [9.17, 15) is 17.6 Å². The molecule has 3 aromatic rings. The van der Waals surface area contributed by atoms with E-state index in [1.807, 2.05) is 6.07 Å². The molecule has 1 fully saturated rings. The second-order valence-electron chi connectivity index (χ2n) is 5.92. The standard InChI is InChI=1S/C16H11F4N5O/c17-11-3-1-2-10(6-11)15(4-5-15)23-14-21-7-9(8-22-14)12-24-25-13(26-12)16(18,19)20/h1-3,6-8H,4-5H2,(H,21,22,23). The highest BCUT2D eigenvalue weighted by atomic mass is 19.4. The molecule has 0 spiro atoms. The molecular formula is C16H11F4N5O. The molecule has 0 saturated heterocycles. The van der Waals surface area contributed by atoms with Crippen molar-refractivity contribution >= 4 is 5.95 Å². The molecule has 0 unspecified atom stereocenters. The minimum absolute atomic E-state index is 0.161. The fourth-order valence-corrected chi connectivity index (χ4v) is 2.57. The number of benzene rings is 1. The van der Waals surface area contributed by atoms with E-state index in [4.69, 9.17) is 0 Å². The van der Waals surface area contributed by atoms with Crippen molar-refractivity contribution in [1.82, 2.24) is 20.2 Å². The number of nitrogens with one attached hydrogen (secondary N) is 1. The van der Waals surface area contributed by atoms with Crippen LogP contribution in [-0.2, 0) is 11.7 Å². The van der Waals surface area contributed by atoms with Crippen LogP contribution in [0.25, 0.3) is 11.5 Å². The van der Waals surface area contributed by atoms with Crippen LogP contribution < -0.4 is 5.32 Å². The molecule has 0 aliphatic heterocycles. The molecule has 0 bridgehead atoms. The van der Waals surface area contributed by atoms with Crippen molar-refractivity contribution in [1.29, 1.82) is 0 Å². The van der Waals surface area contributed by atoms with E-state index < -0.39 is 17.6 Å². The van der Waals surface area contributed by atoms with Gasteiger partial charge in [-0.25, -0.2) is 14.4 Å². The Morgan fingerprint density at radius 3 is 2.38 bits per heavy atom. The van der Waals surface area contributed by atoms with E-state index in [-0.39, 0.29) is 23.2 Å². The number of nitrogens with zero attached hydrogens (tertiary/aromatic N) is 4. The van der Waals surface area contributed by atoms with Gasteiger partial charge in [-0.15, -0.1) is 10.2 Å². The Balaban J connectivity index is 1.53. The Morgan fingerprint density at radius 1 is 1.08 bits per heavy atom. The van der Waals surface area contributed by atoms with E-state index in [2.05, 4.69) is 29.9 Å². The van der Waals surface area contributed by atoms with Crippen molar-refractivity contribution in [3.63, 3.8) is 0 Å². The summed E-state index contributed by atoms with van der Waals surface area (Å²) >= 11 is 0. The molecule has 6 nitrogen and oxygen atoms in total. The van der Waals surface area contributed by atoms with E-state index in [1.54, 1.807) is 6.07 Å². The maximum Gasteiger partial charge on any atom is 0.470 e. The van der Waals surface area contributed by atoms with Crippen LogP contribution in [0.3, 0.4) is 0 Å². The van der Waals surface area contributed by atoms with E-state index in [0.29, 0.717) is 0 Å². The molecule has 26 heavy (non-hydrogen) atoms. The highest BCUT2D eigenvalue weighted by molar-refractivity contribution is 5.51. The molecule has 1 saturated carbocycles. The van der Waals surface area contributed by atoms with Crippen LogP contribution >= 0.6 is 0 Å². The molecule has 10 heteroatoms. The van der Waals surface area contributed by atoms with E-state index >= 15 is 0 Å². The third-order valence-corrected chi connectivity index (χ3v) is 4.04. The first-order valence-corrected chi connectivity index (χ1v) is 7.63. The highest BCUT2D eigenvalue weighted by Crippen LogP contribution is 2.47. The molecule has 2 heterocycles. The first-order chi connectivity index (χ1) is 12.4. The van der Waals surface area contributed by atoms with Gasteiger partial charge in [-0.1, -0.05) is 12.1 Å². The van der Waals surface area contributed by atoms with Crippen LogP contribution in [0.1, 0.15) is 24.3 Å². The lowest BCUT2D eigenvalue weighted by Crippen LogP contribution is -2.20. The fraction of sp³-hybridized carbons (Fsp3) is 0.250. The summed E-state index contributed by atoms with van der Waals surface area (Å²) in [4.78, 5) is 8.15. The van der Waals surface area contributed by atoms with Gasteiger partial charge >= 0.3 is 12.1 Å². The first-order valence-electron chi connectivity index (χ1n) is 7.63. The summed E-state index contributed by atoms with van der Waals surface area (Å²) in [5.41, 5.74) is 0.517. The minimum Gasteiger partial charge on any atom is -0.413 e. The van der Waals surface area contributed by atoms with Crippen LogP contribution in [0.4, 0.5) is 23.5 Å². The molecule has 1 aliphatic rings. The summed E-state index contributed by atoms with van der Waals surface area (Å²) in [6.07, 6.45) is -0.563. The molecule has 4 rings (SSSR count). The molecule has 0 amide bonds. The normalized spacial score (nSPS) is 15.7. The quantitative estimate of drug-likeness (QED) is 0.709. The van der Waals surface area contributed by atoms with Gasteiger partial charge in [-0.3, -0.25) is 0 Å². The summed E-state index contributed by atoms with van der Waals surface area (Å²) in [6.45, 7) is 0. The third kappa shape index (κ3) is 3.09. The summed E-state index contributed by atoms with van der Waals surface area (Å²) in [7, 11) is 0. The summed E-state index contributed by atoms with van der Waals surface area (Å²) < 4.78 is 55.5. The molecule has 0 atom stereocenters. The Labute approximate surface area is 144 Å². The Kier molecular flexibility index (Phi) is 3.63. The van der Waals surface area contributed by atoms with Gasteiger partial charge in [0.15, 0.2) is 0 Å². The number of halogens is 4. The van der Waals surface area contributed by atoms with E-state index in [1.165, 1.54) is 24.5 Å². The number of hydrogen-bond acceptors (Lipinski definition) is 6. The average Bonchev–Trinajstić information content (AvgIpc) is 3.19. The lowest BCUT2D eigenvalue weighted by Gasteiger charge is -2.17. The van der Waals surface area contributed by atoms with E-state index in [0.717, 1.165) is 18.4 Å². The summed E-state index contributed by atoms with van der Waals surface area (Å²) in [5, 5.41) is 9.45. The number of aromatic nitrogens is 4. The third-order valence-electron chi connectivity index (χ3n) is 4.04. The topological polar surface area (TPSA) is 76.7 Å². The second kappa shape index (κ2) is 5.75. The first kappa shape index (κ1) is 16.4. The number of hydrogen-bond donors (Lipinski definition) is 1. The Bertz CT molecular complexity index is 934. The zero-order valence-electron chi connectivity index (χ0n) is 13.1. The van der Waals surface area contributed by atoms with Gasteiger partial charge in [0, 0.05) is 12.4 Å². The lowest BCUT2D eigenvalue weighted by atomic mass is 10.1. The molecule has 2 aromatic heterocycles. The van der Waals surface area contributed by atoms with Gasteiger partial charge in [-0.05, 0) is 30.5 Å². The van der Waals surface area contributed by atoms with Crippen LogP contribution in [0.2, 0.25) is 0 Å². The maximum absolute atomic E-state index is 13.4. The van der Waals surface area contributed by atoms with Gasteiger partial charge in [0.25, 0.3) is 5.89 Å². The minimum atomic E-state index is -4.71. The molecule has 1 aromatic carbocycles. The highest BCUT2D eigenvalue weighted by Gasteiger charge is 2.45. The molecule has 1 N–H and O–H groups in total. The van der Waals surface area contributed by atoms with Gasteiger partial charge in [-0.2, -0.15) is 13.2 Å². The van der Waals surface area contributed by atoms with Crippen molar-refractivity contribution in [2.24, 2.45) is 0 Å². The fourth-order valence-electron chi connectivity index (χ4n) is 2.57. The SMILES string of the molecule is Fc1cccc(C2(Nc3ncc(-c4nnc(C(F)(F)F)o4)cn3)CC2)c1. The molecule has 1 aliphatic carbocycles. The number of alkyl halides is 3. The monoisotopic (exact) mass is 365 g/mol. The Hall–Kier alpha value is -3.04. The van der Waals surface area contributed by atoms with Crippen LogP contribution in [0.5, 0.6) is 0 Å². The van der Waals surface area contributed by atoms with Crippen molar-refractivity contribution in [3.8, 4) is 11.5 Å². The van der Waals surface area contributed by atoms with Crippen molar-refractivity contribution in [2.45, 2.75) is 24.6 Å². The van der Waals surface area contributed by atoms with Crippen molar-refractivity contribution in [3.05, 3.63) is 53.9 Å². The summed E-state index contributed by atoms with van der Waals surface area (Å²) in [6, 6.07) is 6.26. The van der Waals surface area contributed by atoms with Crippen molar-refractivity contribution < 1.29 is 22.0 Å². The van der Waals surface area contributed by atoms with Crippen LogP contribution in [-0.4, -0.2) is 20.2 Å². The van der Waals surface area contributed by atoms with Crippen LogP contribution in [0.15, 0.2) is 41.1 Å². The van der Waals surface area contributed by atoms with Gasteiger partial charge in [0.2, 0.25) is 5.95 Å². The molecule has 0 radical (unpaired) electrons. The largest absolute Gasteiger partial charge is 0.470 e. The van der Waals surface area contributed by atoms with Crippen LogP contribution in [0, 0.1) is 5.82 Å². The zero-order chi connectivity index (χ0) is 18.4. The summed E-state index contributed by atoms with van der Waals surface area (Å²) in [5.74, 6) is -1.82. The molecular weight excluding hydrogens is 354 g/mol. The van der Waals surface area contributed by atoms with Gasteiger partial charge < -0.3 is 9.73 Å². The van der Waals surface area contributed by atoms with Gasteiger partial charge in [0.1, 0.15) is 5.82 Å². The smallest absolute Gasteiger partial charge is 0.413 e. The zero-order valence-corrected chi connectivity index (χ0v) is 13.1. The molecule has 134 valence electrons. The van der Waals surface area contributed by atoms with Gasteiger partial charge in [0.05, 0.1) is 11.1 Å². The predicted octanol–water partition coefficient (Wildman–Crippen LogP) is 3.79. The maximum atomic E-state index is 13.4. The second-order valence-corrected chi connectivity index (χ2v) is 5.92. The predicted molar refractivity (Wildman–Crippen MR) is 81.3 cm³/mol. The Morgan fingerprint density at radius 2 is 1.81 bits per heavy atom. The number of anilines is 1. The van der Waals surface area contributed by atoms with Crippen molar-refractivity contribution in [2.75, 3.05) is 5.32 Å². The number of rotatable bonds is 4.